The second kappa shape index (κ2) is 6.10. The van der Waals surface area contributed by atoms with Crippen molar-refractivity contribution in [1.29, 1.82) is 0 Å². The molecule has 0 fully saturated rings. The number of halogens is 2. The first-order valence-corrected chi connectivity index (χ1v) is 6.92. The van der Waals surface area contributed by atoms with Crippen molar-refractivity contribution in [3.8, 4) is 0 Å². The second-order valence-electron chi connectivity index (χ2n) is 3.77. The van der Waals surface area contributed by atoms with Crippen LogP contribution in [0.3, 0.4) is 0 Å². The van der Waals surface area contributed by atoms with Gasteiger partial charge in [-0.3, -0.25) is 14.9 Å². The molecule has 102 valence electrons. The molecule has 1 heterocycles. The summed E-state index contributed by atoms with van der Waals surface area (Å²) in [5, 5.41) is 13.3. The Labute approximate surface area is 130 Å². The second-order valence-corrected chi connectivity index (χ2v) is 5.60. The molecule has 0 radical (unpaired) electrons. The monoisotopic (exact) mass is 399 g/mol. The maximum atomic E-state index is 12.0. The molecule has 0 saturated carbocycles. The third-order valence-electron chi connectivity index (χ3n) is 2.32. The van der Waals surface area contributed by atoms with E-state index in [1.54, 1.807) is 12.1 Å². The normalized spacial score (nSPS) is 10.1. The zero-order valence-corrected chi connectivity index (χ0v) is 13.0. The number of nitrogens with one attached hydrogen (secondary N) is 1. The molecule has 0 aliphatic carbocycles. The molecule has 1 amide bonds. The van der Waals surface area contributed by atoms with Crippen molar-refractivity contribution in [2.75, 3.05) is 5.32 Å². The fourth-order valence-electron chi connectivity index (χ4n) is 1.47. The van der Waals surface area contributed by atoms with Crippen LogP contribution in [0, 0.1) is 10.1 Å². The Balaban J connectivity index is 2.27. The molecule has 0 bridgehead atoms. The molecule has 2 aromatic rings. The van der Waals surface area contributed by atoms with Gasteiger partial charge in [-0.1, -0.05) is 31.9 Å². The number of carbonyl (C=O) groups is 1. The molecule has 1 aromatic carbocycles. The van der Waals surface area contributed by atoms with Crippen LogP contribution in [0.15, 0.2) is 45.5 Å². The average Bonchev–Trinajstić information content (AvgIpc) is 2.37. The van der Waals surface area contributed by atoms with Crippen molar-refractivity contribution < 1.29 is 9.72 Å². The summed E-state index contributed by atoms with van der Waals surface area (Å²) in [7, 11) is 0. The lowest BCUT2D eigenvalue weighted by Gasteiger charge is -2.05. The summed E-state index contributed by atoms with van der Waals surface area (Å²) in [6.07, 6.45) is 1.53. The van der Waals surface area contributed by atoms with Gasteiger partial charge in [0, 0.05) is 32.8 Å². The highest BCUT2D eigenvalue weighted by Crippen LogP contribution is 2.22. The SMILES string of the molecule is O=C(Nc1cc(Br)ccn1)c1cc(Br)cc([N+](=O)[O-])c1. The number of hydrogen-bond acceptors (Lipinski definition) is 4. The Morgan fingerprint density at radius 1 is 1.20 bits per heavy atom. The van der Waals surface area contributed by atoms with E-state index in [2.05, 4.69) is 42.2 Å². The summed E-state index contributed by atoms with van der Waals surface area (Å²) in [5.41, 5.74) is 0.0135. The molecular formula is C12H7Br2N3O3. The van der Waals surface area contributed by atoms with Gasteiger partial charge < -0.3 is 5.32 Å². The van der Waals surface area contributed by atoms with E-state index in [-0.39, 0.29) is 11.3 Å². The van der Waals surface area contributed by atoms with Crippen molar-refractivity contribution in [3.05, 3.63) is 61.2 Å². The van der Waals surface area contributed by atoms with Crippen LogP contribution in [-0.4, -0.2) is 15.8 Å². The summed E-state index contributed by atoms with van der Waals surface area (Å²) in [6.45, 7) is 0. The minimum absolute atomic E-state index is 0.160. The highest BCUT2D eigenvalue weighted by molar-refractivity contribution is 9.10. The first kappa shape index (κ1) is 14.6. The van der Waals surface area contributed by atoms with Crippen molar-refractivity contribution in [2.45, 2.75) is 0 Å². The number of amides is 1. The number of carbonyl (C=O) groups excluding carboxylic acids is 1. The maximum Gasteiger partial charge on any atom is 0.271 e. The minimum atomic E-state index is -0.557. The van der Waals surface area contributed by atoms with Crippen LogP contribution in [0.4, 0.5) is 11.5 Å². The number of nitrogens with zero attached hydrogens (tertiary/aromatic N) is 2. The van der Waals surface area contributed by atoms with Crippen LogP contribution in [0.1, 0.15) is 10.4 Å². The third-order valence-corrected chi connectivity index (χ3v) is 3.27. The predicted molar refractivity (Wildman–Crippen MR) is 80.7 cm³/mol. The summed E-state index contributed by atoms with van der Waals surface area (Å²) in [4.78, 5) is 26.2. The van der Waals surface area contributed by atoms with Crippen LogP contribution >= 0.6 is 31.9 Å². The van der Waals surface area contributed by atoms with E-state index in [9.17, 15) is 14.9 Å². The predicted octanol–water partition coefficient (Wildman–Crippen LogP) is 3.77. The lowest BCUT2D eigenvalue weighted by molar-refractivity contribution is -0.384. The van der Waals surface area contributed by atoms with E-state index in [0.717, 1.165) is 4.47 Å². The number of nitro groups is 1. The average molecular weight is 401 g/mol. The number of hydrogen-bond donors (Lipinski definition) is 1. The quantitative estimate of drug-likeness (QED) is 0.627. The topological polar surface area (TPSA) is 85.1 Å². The van der Waals surface area contributed by atoms with Crippen LogP contribution in [0.2, 0.25) is 0 Å². The van der Waals surface area contributed by atoms with Crippen LogP contribution in [0.5, 0.6) is 0 Å². The van der Waals surface area contributed by atoms with Gasteiger partial charge in [-0.2, -0.15) is 0 Å². The van der Waals surface area contributed by atoms with Crippen molar-refractivity contribution in [2.24, 2.45) is 0 Å². The van der Waals surface area contributed by atoms with E-state index < -0.39 is 10.8 Å². The molecule has 0 aliphatic rings. The van der Waals surface area contributed by atoms with E-state index in [1.165, 1.54) is 24.4 Å². The number of aromatic nitrogens is 1. The van der Waals surface area contributed by atoms with Crippen molar-refractivity contribution in [1.82, 2.24) is 4.98 Å². The number of pyridine rings is 1. The van der Waals surface area contributed by atoms with E-state index >= 15 is 0 Å². The zero-order chi connectivity index (χ0) is 14.7. The van der Waals surface area contributed by atoms with Gasteiger partial charge in [0.25, 0.3) is 11.6 Å². The standard InChI is InChI=1S/C12H7Br2N3O3/c13-8-1-2-15-11(6-8)16-12(18)7-3-9(14)5-10(4-7)17(19)20/h1-6H,(H,15,16,18). The van der Waals surface area contributed by atoms with Gasteiger partial charge in [0.15, 0.2) is 0 Å². The molecule has 0 unspecified atom stereocenters. The first-order chi connectivity index (χ1) is 9.45. The summed E-state index contributed by atoms with van der Waals surface area (Å²) >= 11 is 6.40. The van der Waals surface area contributed by atoms with E-state index in [1.807, 2.05) is 0 Å². The summed E-state index contributed by atoms with van der Waals surface area (Å²) < 4.78 is 1.22. The Morgan fingerprint density at radius 2 is 1.95 bits per heavy atom. The van der Waals surface area contributed by atoms with E-state index in [4.69, 9.17) is 0 Å². The zero-order valence-electron chi connectivity index (χ0n) is 9.84. The molecule has 20 heavy (non-hydrogen) atoms. The molecular weight excluding hydrogens is 394 g/mol. The van der Waals surface area contributed by atoms with Gasteiger partial charge in [-0.25, -0.2) is 4.98 Å². The lowest BCUT2D eigenvalue weighted by Crippen LogP contribution is -2.13. The molecule has 6 nitrogen and oxygen atoms in total. The van der Waals surface area contributed by atoms with Crippen LogP contribution in [0.25, 0.3) is 0 Å². The van der Waals surface area contributed by atoms with Crippen LogP contribution < -0.4 is 5.32 Å². The first-order valence-electron chi connectivity index (χ1n) is 5.33. The van der Waals surface area contributed by atoms with Gasteiger partial charge in [-0.05, 0) is 18.2 Å². The number of benzene rings is 1. The largest absolute Gasteiger partial charge is 0.307 e. The Bertz CT molecular complexity index is 691. The summed E-state index contributed by atoms with van der Waals surface area (Å²) in [5.74, 6) is -0.119. The lowest BCUT2D eigenvalue weighted by atomic mass is 10.2. The molecule has 1 N–H and O–H groups in total. The molecule has 0 aliphatic heterocycles. The fraction of sp³-hybridized carbons (Fsp3) is 0. The third kappa shape index (κ3) is 3.61. The van der Waals surface area contributed by atoms with Crippen molar-refractivity contribution in [3.63, 3.8) is 0 Å². The van der Waals surface area contributed by atoms with Gasteiger partial charge in [0.1, 0.15) is 5.82 Å². The smallest absolute Gasteiger partial charge is 0.271 e. The van der Waals surface area contributed by atoms with Gasteiger partial charge in [-0.15, -0.1) is 0 Å². The van der Waals surface area contributed by atoms with Crippen molar-refractivity contribution >= 4 is 49.3 Å². The van der Waals surface area contributed by atoms with Crippen LogP contribution in [-0.2, 0) is 0 Å². The number of anilines is 1. The minimum Gasteiger partial charge on any atom is -0.307 e. The van der Waals surface area contributed by atoms with Gasteiger partial charge >= 0.3 is 0 Å². The number of nitro benzene ring substituents is 1. The fourth-order valence-corrected chi connectivity index (χ4v) is 2.29. The highest BCUT2D eigenvalue weighted by Gasteiger charge is 2.14. The molecule has 8 heteroatoms. The number of rotatable bonds is 3. The van der Waals surface area contributed by atoms with E-state index in [0.29, 0.717) is 10.3 Å². The Hall–Kier alpha value is -1.80. The Morgan fingerprint density at radius 3 is 2.60 bits per heavy atom. The van der Waals surface area contributed by atoms with Gasteiger partial charge in [0.05, 0.1) is 4.92 Å². The molecule has 1 aromatic heterocycles. The maximum absolute atomic E-state index is 12.0. The summed E-state index contributed by atoms with van der Waals surface area (Å²) in [6, 6.07) is 7.39. The Kier molecular flexibility index (Phi) is 4.46. The molecule has 2 rings (SSSR count). The van der Waals surface area contributed by atoms with Gasteiger partial charge in [0.2, 0.25) is 0 Å². The number of non-ortho nitro benzene ring substituents is 1. The molecule has 0 spiro atoms. The molecule has 0 atom stereocenters. The highest BCUT2D eigenvalue weighted by atomic mass is 79.9. The molecule has 0 saturated heterocycles.